The highest BCUT2D eigenvalue weighted by molar-refractivity contribution is 5.55. The van der Waals surface area contributed by atoms with Crippen molar-refractivity contribution < 1.29 is 8.78 Å². The Labute approximate surface area is 177 Å². The summed E-state index contributed by atoms with van der Waals surface area (Å²) in [5.41, 5.74) is 3.69. The van der Waals surface area contributed by atoms with Crippen LogP contribution in [0.3, 0.4) is 0 Å². The number of hydrogen-bond donors (Lipinski definition) is 0. The van der Waals surface area contributed by atoms with Crippen molar-refractivity contribution in [2.75, 3.05) is 0 Å². The summed E-state index contributed by atoms with van der Waals surface area (Å²) in [7, 11) is 0. The van der Waals surface area contributed by atoms with Crippen molar-refractivity contribution in [2.24, 2.45) is 5.92 Å². The number of rotatable bonds is 5. The van der Waals surface area contributed by atoms with E-state index >= 15 is 0 Å². The van der Waals surface area contributed by atoms with Crippen LogP contribution < -0.4 is 0 Å². The summed E-state index contributed by atoms with van der Waals surface area (Å²) in [6.45, 7) is 4.22. The van der Waals surface area contributed by atoms with E-state index in [0.29, 0.717) is 17.3 Å². The zero-order valence-corrected chi connectivity index (χ0v) is 17.6. The summed E-state index contributed by atoms with van der Waals surface area (Å²) in [6.07, 6.45) is 7.96. The first kappa shape index (κ1) is 20.6. The number of benzene rings is 2. The van der Waals surface area contributed by atoms with Gasteiger partial charge in [0.2, 0.25) is 0 Å². The zero-order chi connectivity index (χ0) is 21.1. The van der Waals surface area contributed by atoms with Crippen LogP contribution in [-0.4, -0.2) is 9.97 Å². The molecule has 1 aliphatic carbocycles. The molecule has 1 heterocycles. The van der Waals surface area contributed by atoms with Crippen molar-refractivity contribution in [2.45, 2.75) is 57.8 Å². The van der Waals surface area contributed by atoms with Crippen LogP contribution in [0.5, 0.6) is 0 Å². The van der Waals surface area contributed by atoms with E-state index in [1.807, 2.05) is 31.2 Å². The third kappa shape index (κ3) is 4.75. The van der Waals surface area contributed by atoms with Crippen molar-refractivity contribution in [3.05, 3.63) is 83.2 Å². The molecule has 0 radical (unpaired) electrons. The zero-order valence-electron chi connectivity index (χ0n) is 17.6. The molecule has 4 heteroatoms. The monoisotopic (exact) mass is 406 g/mol. The maximum atomic E-state index is 14.9. The maximum absolute atomic E-state index is 14.9. The van der Waals surface area contributed by atoms with Gasteiger partial charge in [0.05, 0.1) is 0 Å². The lowest BCUT2D eigenvalue weighted by molar-refractivity contribution is -0.00384. The molecule has 0 atom stereocenters. The molecule has 1 fully saturated rings. The van der Waals surface area contributed by atoms with Gasteiger partial charge in [0.25, 0.3) is 5.92 Å². The highest BCUT2D eigenvalue weighted by Crippen LogP contribution is 2.37. The Morgan fingerprint density at radius 3 is 2.07 bits per heavy atom. The molecule has 30 heavy (non-hydrogen) atoms. The van der Waals surface area contributed by atoms with Gasteiger partial charge in [0, 0.05) is 29.9 Å². The minimum Gasteiger partial charge on any atom is -0.236 e. The topological polar surface area (TPSA) is 25.8 Å². The Hall–Kier alpha value is -2.62. The number of alkyl halides is 2. The van der Waals surface area contributed by atoms with Crippen LogP contribution >= 0.6 is 0 Å². The maximum Gasteiger partial charge on any atom is 0.277 e. The number of hydrogen-bond acceptors (Lipinski definition) is 2. The molecule has 156 valence electrons. The SMILES string of the molecule is Cc1cnc(-c2ccc(CC(F)(F)c3ccc(C4CCC(C)CC4)cc3)cc2)nc1. The summed E-state index contributed by atoms with van der Waals surface area (Å²) in [5, 5.41) is 0. The molecule has 0 aliphatic heterocycles. The van der Waals surface area contributed by atoms with E-state index in [0.717, 1.165) is 29.9 Å². The third-order valence-electron chi connectivity index (χ3n) is 6.24. The summed E-state index contributed by atoms with van der Waals surface area (Å²) in [4.78, 5) is 8.58. The lowest BCUT2D eigenvalue weighted by atomic mass is 9.79. The molecule has 0 bridgehead atoms. The first-order chi connectivity index (χ1) is 14.4. The summed E-state index contributed by atoms with van der Waals surface area (Å²) in [6, 6.07) is 14.1. The Balaban J connectivity index is 1.44. The minimum absolute atomic E-state index is 0.0846. The number of aryl methyl sites for hydroxylation is 1. The molecular weight excluding hydrogens is 378 g/mol. The van der Waals surface area contributed by atoms with Gasteiger partial charge in [-0.05, 0) is 48.3 Å². The van der Waals surface area contributed by atoms with Gasteiger partial charge in [-0.15, -0.1) is 0 Å². The van der Waals surface area contributed by atoms with E-state index < -0.39 is 5.92 Å². The first-order valence-electron chi connectivity index (χ1n) is 10.8. The van der Waals surface area contributed by atoms with Crippen LogP contribution in [0.15, 0.2) is 60.9 Å². The van der Waals surface area contributed by atoms with Gasteiger partial charge in [-0.2, -0.15) is 0 Å². The van der Waals surface area contributed by atoms with Gasteiger partial charge in [-0.25, -0.2) is 18.7 Å². The molecule has 0 spiro atoms. The molecule has 1 aromatic heterocycles. The number of nitrogens with zero attached hydrogens (tertiary/aromatic N) is 2. The predicted molar refractivity (Wildman–Crippen MR) is 117 cm³/mol. The average Bonchev–Trinajstić information content (AvgIpc) is 2.75. The van der Waals surface area contributed by atoms with E-state index in [2.05, 4.69) is 16.9 Å². The van der Waals surface area contributed by atoms with E-state index in [9.17, 15) is 8.78 Å². The molecule has 0 saturated heterocycles. The van der Waals surface area contributed by atoms with Gasteiger partial charge in [-0.3, -0.25) is 0 Å². The van der Waals surface area contributed by atoms with Crippen molar-refractivity contribution in [1.29, 1.82) is 0 Å². The van der Waals surface area contributed by atoms with Crippen LogP contribution in [-0.2, 0) is 12.3 Å². The van der Waals surface area contributed by atoms with Crippen molar-refractivity contribution in [3.8, 4) is 11.4 Å². The van der Waals surface area contributed by atoms with Crippen LogP contribution in [0.25, 0.3) is 11.4 Å². The van der Waals surface area contributed by atoms with Gasteiger partial charge < -0.3 is 0 Å². The fourth-order valence-electron chi connectivity index (χ4n) is 4.26. The van der Waals surface area contributed by atoms with Crippen molar-refractivity contribution >= 4 is 0 Å². The van der Waals surface area contributed by atoms with E-state index in [4.69, 9.17) is 0 Å². The fraction of sp³-hybridized carbons (Fsp3) is 0.385. The summed E-state index contributed by atoms with van der Waals surface area (Å²) >= 11 is 0. The van der Waals surface area contributed by atoms with Crippen molar-refractivity contribution in [1.82, 2.24) is 9.97 Å². The lowest BCUT2D eigenvalue weighted by Crippen LogP contribution is -2.17. The van der Waals surface area contributed by atoms with Crippen molar-refractivity contribution in [3.63, 3.8) is 0 Å². The number of halogens is 2. The molecule has 0 N–H and O–H groups in total. The average molecular weight is 407 g/mol. The summed E-state index contributed by atoms with van der Waals surface area (Å²) < 4.78 is 29.8. The van der Waals surface area contributed by atoms with Crippen LogP contribution in [0.1, 0.15) is 60.8 Å². The van der Waals surface area contributed by atoms with Gasteiger partial charge in [0.15, 0.2) is 5.82 Å². The predicted octanol–water partition coefficient (Wildman–Crippen LogP) is 7.08. The quantitative estimate of drug-likeness (QED) is 0.452. The number of aromatic nitrogens is 2. The Morgan fingerprint density at radius 2 is 1.47 bits per heavy atom. The first-order valence-corrected chi connectivity index (χ1v) is 10.8. The Kier molecular flexibility index (Phi) is 5.94. The molecule has 0 unspecified atom stereocenters. The molecule has 4 rings (SSSR count). The largest absolute Gasteiger partial charge is 0.277 e. The third-order valence-corrected chi connectivity index (χ3v) is 6.24. The van der Waals surface area contributed by atoms with Crippen LogP contribution in [0, 0.1) is 12.8 Å². The van der Waals surface area contributed by atoms with Gasteiger partial charge >= 0.3 is 0 Å². The highest BCUT2D eigenvalue weighted by Gasteiger charge is 2.32. The van der Waals surface area contributed by atoms with Crippen LogP contribution in [0.4, 0.5) is 8.78 Å². The highest BCUT2D eigenvalue weighted by atomic mass is 19.3. The Morgan fingerprint density at radius 1 is 0.867 bits per heavy atom. The van der Waals surface area contributed by atoms with Crippen LogP contribution in [0.2, 0.25) is 0 Å². The molecule has 2 aromatic carbocycles. The second-order valence-electron chi connectivity index (χ2n) is 8.74. The lowest BCUT2D eigenvalue weighted by Gasteiger charge is -2.27. The van der Waals surface area contributed by atoms with Gasteiger partial charge in [0.1, 0.15) is 0 Å². The normalized spacial score (nSPS) is 19.6. The second kappa shape index (κ2) is 8.63. The smallest absolute Gasteiger partial charge is 0.236 e. The summed E-state index contributed by atoms with van der Waals surface area (Å²) in [5.74, 6) is -0.998. The molecular formula is C26H28F2N2. The second-order valence-corrected chi connectivity index (χ2v) is 8.74. The Bertz CT molecular complexity index is 955. The molecule has 1 aliphatic rings. The van der Waals surface area contributed by atoms with E-state index in [-0.39, 0.29) is 12.0 Å². The van der Waals surface area contributed by atoms with E-state index in [1.54, 1.807) is 36.7 Å². The van der Waals surface area contributed by atoms with Gasteiger partial charge in [-0.1, -0.05) is 68.3 Å². The molecule has 1 saturated carbocycles. The minimum atomic E-state index is -2.90. The molecule has 0 amide bonds. The molecule has 3 aromatic rings. The van der Waals surface area contributed by atoms with E-state index in [1.165, 1.54) is 18.4 Å². The fourth-order valence-corrected chi connectivity index (χ4v) is 4.26. The molecule has 2 nitrogen and oxygen atoms in total. The standard InChI is InChI=1S/C26H28F2N2/c1-18-3-7-21(8-4-18)22-11-13-24(14-12-22)26(27,28)15-20-5-9-23(10-6-20)25-29-16-19(2)17-30-25/h5-6,9-14,16-18,21H,3-4,7-8,15H2,1-2H3.